The maximum atomic E-state index is 12.5. The zero-order chi connectivity index (χ0) is 17.5. The quantitative estimate of drug-likeness (QED) is 0.904. The van der Waals surface area contributed by atoms with Crippen LogP contribution in [0.2, 0.25) is 0 Å². The lowest BCUT2D eigenvalue weighted by atomic mass is 9.99. The maximum absolute atomic E-state index is 12.5. The molecule has 0 unspecified atom stereocenters. The van der Waals surface area contributed by atoms with Gasteiger partial charge in [0.25, 0.3) is 0 Å². The van der Waals surface area contributed by atoms with Crippen molar-refractivity contribution < 1.29 is 13.2 Å². The number of hydrogen-bond acceptors (Lipinski definition) is 5. The highest BCUT2D eigenvalue weighted by molar-refractivity contribution is 7.88. The predicted molar refractivity (Wildman–Crippen MR) is 96.9 cm³/mol. The molecule has 6 nitrogen and oxygen atoms in total. The van der Waals surface area contributed by atoms with Gasteiger partial charge in [0.1, 0.15) is 0 Å². The number of hydrogen-bond donors (Lipinski definition) is 1. The molecule has 130 valence electrons. The summed E-state index contributed by atoms with van der Waals surface area (Å²) in [6, 6.07) is 4.07. The number of carbonyl (C=O) groups excluding carboxylic acids is 1. The van der Waals surface area contributed by atoms with Crippen molar-refractivity contribution >= 4 is 42.6 Å². The summed E-state index contributed by atoms with van der Waals surface area (Å²) in [5.74, 6) is -0.486. The molecule has 0 aliphatic carbocycles. The van der Waals surface area contributed by atoms with E-state index in [1.807, 2.05) is 26.0 Å². The smallest absolute Gasteiger partial charge is 0.230 e. The summed E-state index contributed by atoms with van der Waals surface area (Å²) in [4.78, 5) is 17.1. The van der Waals surface area contributed by atoms with Crippen molar-refractivity contribution in [2.24, 2.45) is 5.92 Å². The normalized spacial score (nSPS) is 19.5. The Morgan fingerprint density at radius 3 is 2.71 bits per heavy atom. The van der Waals surface area contributed by atoms with Crippen LogP contribution in [0, 0.1) is 19.8 Å². The minimum absolute atomic E-state index is 0.155. The van der Waals surface area contributed by atoms with Crippen LogP contribution in [0.25, 0.3) is 10.2 Å². The number of piperidine rings is 1. The summed E-state index contributed by atoms with van der Waals surface area (Å²) >= 11 is 1.46. The predicted octanol–water partition coefficient (Wildman–Crippen LogP) is 2.52. The molecule has 0 bridgehead atoms. The number of thiazole rings is 1. The molecule has 1 aromatic carbocycles. The molecule has 1 saturated heterocycles. The number of aromatic nitrogens is 1. The fourth-order valence-electron chi connectivity index (χ4n) is 2.98. The number of benzene rings is 1. The lowest BCUT2D eigenvalue weighted by Gasteiger charge is -2.29. The standard InChI is InChI=1S/C16H21N3O3S2/c1-10-6-7-11(2)14-13(10)17-16(23-14)18-15(20)12-5-4-8-19(9-12)24(3,21)22/h6-7,12H,4-5,8-9H2,1-3H3,(H,17,18,20)/t12-/m0/s1. The van der Waals surface area contributed by atoms with Gasteiger partial charge in [0.2, 0.25) is 15.9 Å². The fraction of sp³-hybridized carbons (Fsp3) is 0.500. The van der Waals surface area contributed by atoms with Crippen LogP contribution < -0.4 is 5.32 Å². The van der Waals surface area contributed by atoms with E-state index in [1.165, 1.54) is 21.9 Å². The van der Waals surface area contributed by atoms with E-state index in [9.17, 15) is 13.2 Å². The molecule has 1 atom stereocenters. The van der Waals surface area contributed by atoms with Gasteiger partial charge in [-0.15, -0.1) is 0 Å². The number of sulfonamides is 1. The molecule has 0 radical (unpaired) electrons. The molecule has 1 fully saturated rings. The average Bonchev–Trinajstić information content (AvgIpc) is 2.95. The Bertz CT molecular complexity index is 850. The molecule has 2 heterocycles. The lowest BCUT2D eigenvalue weighted by Crippen LogP contribution is -2.43. The Hall–Kier alpha value is -1.51. The summed E-state index contributed by atoms with van der Waals surface area (Å²) in [7, 11) is -3.26. The third-order valence-corrected chi connectivity index (χ3v) is 6.77. The monoisotopic (exact) mass is 367 g/mol. The largest absolute Gasteiger partial charge is 0.302 e. The van der Waals surface area contributed by atoms with Crippen LogP contribution in [0.15, 0.2) is 12.1 Å². The van der Waals surface area contributed by atoms with E-state index in [0.717, 1.165) is 21.3 Å². The van der Waals surface area contributed by atoms with Crippen LogP contribution in [0.3, 0.4) is 0 Å². The van der Waals surface area contributed by atoms with Gasteiger partial charge in [-0.05, 0) is 37.8 Å². The third-order valence-electron chi connectivity index (χ3n) is 4.40. The molecule has 3 rings (SSSR count). The van der Waals surface area contributed by atoms with Gasteiger partial charge in [-0.3, -0.25) is 4.79 Å². The Morgan fingerprint density at radius 2 is 2.04 bits per heavy atom. The van der Waals surface area contributed by atoms with Gasteiger partial charge in [-0.25, -0.2) is 17.7 Å². The summed E-state index contributed by atoms with van der Waals surface area (Å²) < 4.78 is 25.8. The van der Waals surface area contributed by atoms with Crippen LogP contribution in [0.1, 0.15) is 24.0 Å². The van der Waals surface area contributed by atoms with Crippen molar-refractivity contribution in [3.05, 3.63) is 23.3 Å². The molecular weight excluding hydrogens is 346 g/mol. The topological polar surface area (TPSA) is 79.4 Å². The molecule has 1 aromatic heterocycles. The Morgan fingerprint density at radius 1 is 1.33 bits per heavy atom. The SMILES string of the molecule is Cc1ccc(C)c2sc(NC(=O)[C@H]3CCCN(S(C)(=O)=O)C3)nc12. The van der Waals surface area contributed by atoms with Crippen LogP contribution in [-0.4, -0.2) is 43.0 Å². The Kier molecular flexibility index (Phi) is 4.63. The van der Waals surface area contributed by atoms with E-state index in [1.54, 1.807) is 0 Å². The van der Waals surface area contributed by atoms with Crippen LogP contribution >= 0.6 is 11.3 Å². The molecule has 1 aliphatic rings. The van der Waals surface area contributed by atoms with Crippen LogP contribution in [0.5, 0.6) is 0 Å². The zero-order valence-corrected chi connectivity index (χ0v) is 15.6. The van der Waals surface area contributed by atoms with Crippen LogP contribution in [-0.2, 0) is 14.8 Å². The second-order valence-corrected chi connectivity index (χ2v) is 9.33. The van der Waals surface area contributed by atoms with E-state index in [4.69, 9.17) is 0 Å². The molecule has 0 spiro atoms. The number of aryl methyl sites for hydroxylation is 2. The van der Waals surface area contributed by atoms with E-state index in [-0.39, 0.29) is 18.4 Å². The lowest BCUT2D eigenvalue weighted by molar-refractivity contribution is -0.120. The van der Waals surface area contributed by atoms with E-state index in [0.29, 0.717) is 24.5 Å². The number of anilines is 1. The highest BCUT2D eigenvalue weighted by Gasteiger charge is 2.30. The van der Waals surface area contributed by atoms with Crippen molar-refractivity contribution in [1.29, 1.82) is 0 Å². The van der Waals surface area contributed by atoms with E-state index >= 15 is 0 Å². The van der Waals surface area contributed by atoms with Gasteiger partial charge in [-0.2, -0.15) is 0 Å². The van der Waals surface area contributed by atoms with Crippen molar-refractivity contribution in [3.8, 4) is 0 Å². The van der Waals surface area contributed by atoms with Gasteiger partial charge in [0.05, 0.1) is 22.4 Å². The second kappa shape index (κ2) is 6.42. The minimum Gasteiger partial charge on any atom is -0.302 e. The molecule has 1 aliphatic heterocycles. The van der Waals surface area contributed by atoms with Crippen LogP contribution in [0.4, 0.5) is 5.13 Å². The summed E-state index contributed by atoms with van der Waals surface area (Å²) in [5, 5.41) is 3.45. The number of carbonyl (C=O) groups is 1. The van der Waals surface area contributed by atoms with Crippen molar-refractivity contribution in [1.82, 2.24) is 9.29 Å². The summed E-state index contributed by atoms with van der Waals surface area (Å²) in [5.41, 5.74) is 3.12. The van der Waals surface area contributed by atoms with E-state index in [2.05, 4.69) is 10.3 Å². The van der Waals surface area contributed by atoms with Gasteiger partial charge in [0.15, 0.2) is 5.13 Å². The number of fused-ring (bicyclic) bond motifs is 1. The molecule has 2 aromatic rings. The molecular formula is C16H21N3O3S2. The number of nitrogens with one attached hydrogen (secondary N) is 1. The van der Waals surface area contributed by atoms with Gasteiger partial charge in [-0.1, -0.05) is 23.5 Å². The maximum Gasteiger partial charge on any atom is 0.230 e. The average molecular weight is 367 g/mol. The van der Waals surface area contributed by atoms with Gasteiger partial charge in [0, 0.05) is 13.1 Å². The second-order valence-electron chi connectivity index (χ2n) is 6.35. The molecule has 1 N–H and O–H groups in total. The first kappa shape index (κ1) is 17.3. The number of nitrogens with zero attached hydrogens (tertiary/aromatic N) is 2. The molecule has 1 amide bonds. The zero-order valence-electron chi connectivity index (χ0n) is 14.0. The number of rotatable bonds is 3. The van der Waals surface area contributed by atoms with Crippen molar-refractivity contribution in [2.75, 3.05) is 24.7 Å². The molecule has 0 saturated carbocycles. The molecule has 24 heavy (non-hydrogen) atoms. The highest BCUT2D eigenvalue weighted by atomic mass is 32.2. The van der Waals surface area contributed by atoms with Gasteiger partial charge >= 0.3 is 0 Å². The highest BCUT2D eigenvalue weighted by Crippen LogP contribution is 2.31. The molecule has 8 heteroatoms. The van der Waals surface area contributed by atoms with E-state index < -0.39 is 10.0 Å². The fourth-order valence-corrected chi connectivity index (χ4v) is 4.90. The summed E-state index contributed by atoms with van der Waals surface area (Å²) in [6.45, 7) is 4.75. The Balaban J connectivity index is 1.77. The first-order valence-electron chi connectivity index (χ1n) is 7.88. The third kappa shape index (κ3) is 3.45. The first-order chi connectivity index (χ1) is 11.3. The van der Waals surface area contributed by atoms with Gasteiger partial charge < -0.3 is 5.32 Å². The van der Waals surface area contributed by atoms with Crippen molar-refractivity contribution in [2.45, 2.75) is 26.7 Å². The first-order valence-corrected chi connectivity index (χ1v) is 10.5. The summed E-state index contributed by atoms with van der Waals surface area (Å²) in [6.07, 6.45) is 2.58. The van der Waals surface area contributed by atoms with Crippen molar-refractivity contribution in [3.63, 3.8) is 0 Å². The Labute approximate surface area is 145 Å². The number of amides is 1. The minimum atomic E-state index is -3.26.